The Labute approximate surface area is 139 Å². The Hall–Kier alpha value is -2.96. The highest BCUT2D eigenvalue weighted by molar-refractivity contribution is 5.77. The molecule has 2 aromatic heterocycles. The Morgan fingerprint density at radius 2 is 2.04 bits per heavy atom. The molecule has 0 saturated carbocycles. The molecule has 0 radical (unpaired) electrons. The maximum absolute atomic E-state index is 11.5. The first kappa shape index (κ1) is 15.9. The summed E-state index contributed by atoms with van der Waals surface area (Å²) in [5.41, 5.74) is 1.65. The second kappa shape index (κ2) is 6.66. The maximum Gasteiger partial charge on any atom is 0.326 e. The molecule has 0 saturated heterocycles. The van der Waals surface area contributed by atoms with Gasteiger partial charge in [-0.05, 0) is 12.3 Å². The van der Waals surface area contributed by atoms with Crippen molar-refractivity contribution in [2.45, 2.75) is 26.3 Å². The second-order valence-corrected chi connectivity index (χ2v) is 6.03. The summed E-state index contributed by atoms with van der Waals surface area (Å²) in [5.74, 6) is 0.340. The van der Waals surface area contributed by atoms with Crippen LogP contribution in [0.4, 0.5) is 5.82 Å². The number of hydrogen-bond acceptors (Lipinski definition) is 5. The predicted molar refractivity (Wildman–Crippen MR) is 90.7 cm³/mol. The van der Waals surface area contributed by atoms with E-state index in [2.05, 4.69) is 20.4 Å². The smallest absolute Gasteiger partial charge is 0.326 e. The topological polar surface area (TPSA) is 92.4 Å². The lowest BCUT2D eigenvalue weighted by Crippen LogP contribution is -2.31. The quantitative estimate of drug-likeness (QED) is 0.724. The van der Waals surface area contributed by atoms with Gasteiger partial charge in [0.2, 0.25) is 0 Å². The Kier molecular flexibility index (Phi) is 4.41. The highest BCUT2D eigenvalue weighted by Gasteiger charge is 2.21. The fourth-order valence-electron chi connectivity index (χ4n) is 2.54. The van der Waals surface area contributed by atoms with Crippen LogP contribution in [-0.4, -0.2) is 36.7 Å². The molecule has 0 aliphatic heterocycles. The first-order valence-electron chi connectivity index (χ1n) is 7.80. The Bertz CT molecular complexity index is 845. The molecular formula is C17H19N5O2. The normalized spacial score (nSPS) is 12.5. The van der Waals surface area contributed by atoms with E-state index in [1.165, 1.54) is 10.8 Å². The molecule has 0 amide bonds. The average molecular weight is 325 g/mol. The van der Waals surface area contributed by atoms with Crippen molar-refractivity contribution in [1.29, 1.82) is 0 Å². The van der Waals surface area contributed by atoms with Gasteiger partial charge >= 0.3 is 5.97 Å². The Morgan fingerprint density at radius 3 is 2.71 bits per heavy atom. The van der Waals surface area contributed by atoms with Crippen molar-refractivity contribution in [3.8, 4) is 11.3 Å². The number of fused-ring (bicyclic) bond motifs is 1. The third-order valence-corrected chi connectivity index (χ3v) is 3.65. The van der Waals surface area contributed by atoms with Crippen LogP contribution in [0.1, 0.15) is 20.3 Å². The van der Waals surface area contributed by atoms with E-state index in [-0.39, 0.29) is 5.92 Å². The Morgan fingerprint density at radius 1 is 1.29 bits per heavy atom. The molecule has 0 aliphatic rings. The summed E-state index contributed by atoms with van der Waals surface area (Å²) in [7, 11) is 0. The number of anilines is 1. The molecule has 0 unspecified atom stereocenters. The van der Waals surface area contributed by atoms with Crippen molar-refractivity contribution in [3.63, 3.8) is 0 Å². The summed E-state index contributed by atoms with van der Waals surface area (Å²) in [6.07, 6.45) is 1.91. The summed E-state index contributed by atoms with van der Waals surface area (Å²) >= 11 is 0. The fraction of sp³-hybridized carbons (Fsp3) is 0.294. The number of aliphatic carboxylic acids is 1. The van der Waals surface area contributed by atoms with Crippen molar-refractivity contribution >= 4 is 17.6 Å². The Balaban J connectivity index is 2.03. The minimum absolute atomic E-state index is 0.250. The summed E-state index contributed by atoms with van der Waals surface area (Å²) in [5, 5.41) is 16.7. The number of hydrogen-bond donors (Lipinski definition) is 2. The zero-order valence-corrected chi connectivity index (χ0v) is 13.5. The van der Waals surface area contributed by atoms with Crippen LogP contribution in [0.3, 0.4) is 0 Å². The number of aromatic nitrogens is 4. The standard InChI is InChI=1S/C17H19N5O2/c1-11(2)8-14(16(23)24)20-15-9-13(12-6-4-3-5-7-12)21-17-18-10-19-22(15)17/h3-7,9-11,14,20H,8H2,1-2H3,(H,23,24)/t14-/m1/s1. The van der Waals surface area contributed by atoms with Crippen LogP contribution in [0.2, 0.25) is 0 Å². The molecule has 3 aromatic rings. The molecule has 0 aliphatic carbocycles. The molecule has 3 rings (SSSR count). The zero-order valence-electron chi connectivity index (χ0n) is 13.5. The molecule has 1 atom stereocenters. The average Bonchev–Trinajstić information content (AvgIpc) is 3.03. The molecule has 24 heavy (non-hydrogen) atoms. The van der Waals surface area contributed by atoms with Gasteiger partial charge in [0.25, 0.3) is 5.78 Å². The lowest BCUT2D eigenvalue weighted by Gasteiger charge is -2.18. The van der Waals surface area contributed by atoms with Crippen LogP contribution >= 0.6 is 0 Å². The van der Waals surface area contributed by atoms with Gasteiger partial charge in [-0.3, -0.25) is 0 Å². The van der Waals surface area contributed by atoms with E-state index < -0.39 is 12.0 Å². The fourth-order valence-corrected chi connectivity index (χ4v) is 2.54. The number of nitrogens with zero attached hydrogens (tertiary/aromatic N) is 4. The predicted octanol–water partition coefficient (Wildman–Crippen LogP) is 2.70. The molecule has 2 N–H and O–H groups in total. The molecule has 7 heteroatoms. The van der Waals surface area contributed by atoms with E-state index in [1.54, 1.807) is 6.07 Å². The van der Waals surface area contributed by atoms with E-state index in [0.29, 0.717) is 23.7 Å². The van der Waals surface area contributed by atoms with Gasteiger partial charge in [0.05, 0.1) is 5.69 Å². The number of rotatable bonds is 6. The molecule has 1 aromatic carbocycles. The van der Waals surface area contributed by atoms with Crippen molar-refractivity contribution < 1.29 is 9.90 Å². The van der Waals surface area contributed by atoms with E-state index >= 15 is 0 Å². The molecule has 0 spiro atoms. The van der Waals surface area contributed by atoms with Gasteiger partial charge in [0.15, 0.2) is 0 Å². The summed E-state index contributed by atoms with van der Waals surface area (Å²) in [6, 6.07) is 10.8. The molecule has 124 valence electrons. The van der Waals surface area contributed by atoms with Crippen LogP contribution < -0.4 is 5.32 Å². The van der Waals surface area contributed by atoms with Gasteiger partial charge in [0, 0.05) is 11.6 Å². The zero-order chi connectivity index (χ0) is 17.1. The van der Waals surface area contributed by atoms with Gasteiger partial charge in [-0.15, -0.1) is 0 Å². The van der Waals surface area contributed by atoms with E-state index in [0.717, 1.165) is 5.56 Å². The number of carboxylic acids is 1. The number of benzene rings is 1. The van der Waals surface area contributed by atoms with Crippen molar-refractivity contribution in [2.24, 2.45) is 5.92 Å². The van der Waals surface area contributed by atoms with Crippen LogP contribution in [-0.2, 0) is 4.79 Å². The lowest BCUT2D eigenvalue weighted by molar-refractivity contribution is -0.138. The third kappa shape index (κ3) is 3.34. The van der Waals surface area contributed by atoms with Gasteiger partial charge in [-0.25, -0.2) is 9.78 Å². The second-order valence-electron chi connectivity index (χ2n) is 6.03. The lowest BCUT2D eigenvalue weighted by atomic mass is 10.0. The number of carbonyl (C=O) groups is 1. The maximum atomic E-state index is 11.5. The molecule has 2 heterocycles. The molecular weight excluding hydrogens is 306 g/mol. The third-order valence-electron chi connectivity index (χ3n) is 3.65. The van der Waals surface area contributed by atoms with Crippen LogP contribution in [0.25, 0.3) is 17.0 Å². The minimum Gasteiger partial charge on any atom is -0.480 e. The van der Waals surface area contributed by atoms with E-state index in [4.69, 9.17) is 0 Å². The van der Waals surface area contributed by atoms with Crippen molar-refractivity contribution in [2.75, 3.05) is 5.32 Å². The summed E-state index contributed by atoms with van der Waals surface area (Å²) in [4.78, 5) is 20.2. The van der Waals surface area contributed by atoms with Gasteiger partial charge in [-0.1, -0.05) is 44.2 Å². The first-order valence-corrected chi connectivity index (χ1v) is 7.80. The SMILES string of the molecule is CC(C)C[C@@H](Nc1cc(-c2ccccc2)nc2ncnn12)C(=O)O. The number of nitrogens with one attached hydrogen (secondary N) is 1. The molecule has 7 nitrogen and oxygen atoms in total. The van der Waals surface area contributed by atoms with E-state index in [9.17, 15) is 9.90 Å². The van der Waals surface area contributed by atoms with Crippen molar-refractivity contribution in [1.82, 2.24) is 19.6 Å². The monoisotopic (exact) mass is 325 g/mol. The first-order chi connectivity index (χ1) is 11.5. The summed E-state index contributed by atoms with van der Waals surface area (Å²) < 4.78 is 1.52. The van der Waals surface area contributed by atoms with Gasteiger partial charge < -0.3 is 10.4 Å². The van der Waals surface area contributed by atoms with Crippen molar-refractivity contribution in [3.05, 3.63) is 42.7 Å². The van der Waals surface area contributed by atoms with Crippen LogP contribution in [0, 0.1) is 5.92 Å². The number of carboxylic acid groups (broad SMARTS) is 1. The largest absolute Gasteiger partial charge is 0.480 e. The summed E-state index contributed by atoms with van der Waals surface area (Å²) in [6.45, 7) is 3.98. The minimum atomic E-state index is -0.893. The van der Waals surface area contributed by atoms with Gasteiger partial charge in [0.1, 0.15) is 18.2 Å². The van der Waals surface area contributed by atoms with Crippen LogP contribution in [0.5, 0.6) is 0 Å². The highest BCUT2D eigenvalue weighted by Crippen LogP contribution is 2.22. The van der Waals surface area contributed by atoms with E-state index in [1.807, 2.05) is 44.2 Å². The van der Waals surface area contributed by atoms with Gasteiger partial charge in [-0.2, -0.15) is 14.6 Å². The van der Waals surface area contributed by atoms with Crippen LogP contribution in [0.15, 0.2) is 42.7 Å². The molecule has 0 fully saturated rings. The molecule has 0 bridgehead atoms. The highest BCUT2D eigenvalue weighted by atomic mass is 16.4.